The average Bonchev–Trinajstić information content (AvgIpc) is 3.54. The van der Waals surface area contributed by atoms with Gasteiger partial charge >= 0.3 is 0 Å². The van der Waals surface area contributed by atoms with Crippen LogP contribution in [0.5, 0.6) is 0 Å². The van der Waals surface area contributed by atoms with Crippen LogP contribution in [0.1, 0.15) is 17.0 Å². The molecule has 6 aromatic rings. The lowest BCUT2D eigenvalue weighted by Gasteiger charge is -2.06. The number of rotatable bonds is 7. The lowest BCUT2D eigenvalue weighted by atomic mass is 10.1. The van der Waals surface area contributed by atoms with Crippen LogP contribution in [0.25, 0.3) is 26.4 Å². The van der Waals surface area contributed by atoms with Crippen LogP contribution < -0.4 is 0 Å². The summed E-state index contributed by atoms with van der Waals surface area (Å²) in [5.41, 5.74) is 5.65. The van der Waals surface area contributed by atoms with Crippen LogP contribution in [0.15, 0.2) is 85.1 Å². The second-order valence-corrected chi connectivity index (χ2v) is 9.00. The molecular weight excluding hydrogens is 449 g/mol. The molecule has 0 atom stereocenters. The molecule has 0 saturated heterocycles. The number of hydrogen-bond donors (Lipinski definition) is 0. The zero-order chi connectivity index (χ0) is 22.9. The molecule has 34 heavy (non-hydrogen) atoms. The van der Waals surface area contributed by atoms with Gasteiger partial charge in [0.25, 0.3) is 0 Å². The molecule has 0 N–H and O–H groups in total. The monoisotopic (exact) mass is 469 g/mol. The fourth-order valence-electron chi connectivity index (χ4n) is 4.09. The van der Waals surface area contributed by atoms with E-state index >= 15 is 0 Å². The first-order valence-corrected chi connectivity index (χ1v) is 11.7. The summed E-state index contributed by atoms with van der Waals surface area (Å²) in [7, 11) is 0. The van der Waals surface area contributed by atoms with Crippen molar-refractivity contribution in [1.82, 2.24) is 24.4 Å². The largest absolute Gasteiger partial charge is 0.369 e. The Morgan fingerprint density at radius 1 is 0.912 bits per heavy atom. The Labute approximate surface area is 198 Å². The minimum atomic E-state index is -0.261. The summed E-state index contributed by atoms with van der Waals surface area (Å²) in [6.07, 6.45) is 1.83. The summed E-state index contributed by atoms with van der Waals surface area (Å²) in [5, 5.41) is 8.36. The normalized spacial score (nSPS) is 11.6. The molecule has 6 nitrogen and oxygen atoms in total. The zero-order valence-electron chi connectivity index (χ0n) is 18.1. The van der Waals surface area contributed by atoms with Gasteiger partial charge in [-0.05, 0) is 29.8 Å². The molecule has 0 aliphatic heterocycles. The minimum absolute atomic E-state index is 0.261. The number of nitrogens with zero attached hydrogens (tertiary/aromatic N) is 5. The molecular formula is C26H20FN5OS. The van der Waals surface area contributed by atoms with Crippen molar-refractivity contribution in [3.63, 3.8) is 0 Å². The molecule has 0 aliphatic rings. The van der Waals surface area contributed by atoms with Crippen molar-refractivity contribution in [2.75, 3.05) is 0 Å². The minimum Gasteiger partial charge on any atom is -0.369 e. The molecule has 3 aromatic carbocycles. The highest BCUT2D eigenvalue weighted by molar-refractivity contribution is 7.23. The van der Waals surface area contributed by atoms with Crippen molar-refractivity contribution < 1.29 is 9.13 Å². The van der Waals surface area contributed by atoms with Gasteiger partial charge in [0.2, 0.25) is 0 Å². The number of para-hydroxylation sites is 1. The summed E-state index contributed by atoms with van der Waals surface area (Å²) in [5.74, 6) is -0.261. The Hall–Kier alpha value is -3.88. The van der Waals surface area contributed by atoms with Crippen LogP contribution >= 0.6 is 11.3 Å². The van der Waals surface area contributed by atoms with Gasteiger partial charge < -0.3 is 4.74 Å². The Morgan fingerprint density at radius 2 is 1.76 bits per heavy atom. The lowest BCUT2D eigenvalue weighted by molar-refractivity contribution is 0.102. The van der Waals surface area contributed by atoms with Gasteiger partial charge in [0, 0.05) is 5.56 Å². The molecule has 3 heterocycles. The SMILES string of the molecule is Fc1cccc(Cn2cc(COCc3c(-c4ccccc4)nc4sc5ccccc5n34)nn2)c1. The van der Waals surface area contributed by atoms with Crippen LogP contribution in [-0.2, 0) is 24.5 Å². The maximum absolute atomic E-state index is 13.4. The van der Waals surface area contributed by atoms with Crippen molar-refractivity contribution in [2.45, 2.75) is 19.8 Å². The Morgan fingerprint density at radius 3 is 2.65 bits per heavy atom. The Bertz CT molecular complexity index is 1590. The quantitative estimate of drug-likeness (QED) is 0.300. The second kappa shape index (κ2) is 8.81. The topological polar surface area (TPSA) is 57.2 Å². The van der Waals surface area contributed by atoms with Gasteiger partial charge in [-0.2, -0.15) is 0 Å². The number of benzene rings is 3. The summed E-state index contributed by atoms with van der Waals surface area (Å²) < 4.78 is 24.6. The van der Waals surface area contributed by atoms with Gasteiger partial charge in [-0.1, -0.05) is 71.1 Å². The van der Waals surface area contributed by atoms with Gasteiger partial charge in [-0.3, -0.25) is 4.40 Å². The third-order valence-corrected chi connectivity index (χ3v) is 6.63. The van der Waals surface area contributed by atoms with Gasteiger partial charge in [-0.25, -0.2) is 14.1 Å². The molecule has 8 heteroatoms. The molecule has 0 bridgehead atoms. The predicted octanol–water partition coefficient (Wildman–Crippen LogP) is 5.71. The molecule has 0 unspecified atom stereocenters. The fourth-order valence-corrected chi connectivity index (χ4v) is 5.14. The second-order valence-electron chi connectivity index (χ2n) is 7.99. The maximum Gasteiger partial charge on any atom is 0.195 e. The van der Waals surface area contributed by atoms with Gasteiger partial charge in [0.15, 0.2) is 4.96 Å². The van der Waals surface area contributed by atoms with Crippen molar-refractivity contribution in [3.8, 4) is 11.3 Å². The number of aromatic nitrogens is 5. The fraction of sp³-hybridized carbons (Fsp3) is 0.115. The first-order valence-electron chi connectivity index (χ1n) is 10.9. The molecule has 0 spiro atoms. The van der Waals surface area contributed by atoms with Crippen LogP contribution in [0, 0.1) is 5.82 Å². The first kappa shape index (κ1) is 20.7. The number of imidazole rings is 1. The van der Waals surface area contributed by atoms with Crippen LogP contribution in [0.2, 0.25) is 0 Å². The number of ether oxygens (including phenoxy) is 1. The van der Waals surface area contributed by atoms with Gasteiger partial charge in [0.05, 0.1) is 47.6 Å². The molecule has 168 valence electrons. The summed E-state index contributed by atoms with van der Waals surface area (Å²) in [6.45, 7) is 1.14. The van der Waals surface area contributed by atoms with Crippen LogP contribution in [0.3, 0.4) is 0 Å². The maximum atomic E-state index is 13.4. The van der Waals surface area contributed by atoms with Crippen molar-refractivity contribution in [1.29, 1.82) is 0 Å². The Kier molecular flexibility index (Phi) is 5.37. The number of fused-ring (bicyclic) bond motifs is 3. The van der Waals surface area contributed by atoms with E-state index in [2.05, 4.69) is 39.0 Å². The zero-order valence-corrected chi connectivity index (χ0v) is 19.0. The van der Waals surface area contributed by atoms with Gasteiger partial charge in [-0.15, -0.1) is 5.10 Å². The van der Waals surface area contributed by atoms with Crippen molar-refractivity contribution in [2.24, 2.45) is 0 Å². The smallest absolute Gasteiger partial charge is 0.195 e. The van der Waals surface area contributed by atoms with E-state index in [9.17, 15) is 4.39 Å². The van der Waals surface area contributed by atoms with E-state index in [1.165, 1.54) is 16.8 Å². The van der Waals surface area contributed by atoms with Crippen molar-refractivity contribution in [3.05, 3.63) is 108 Å². The first-order chi connectivity index (χ1) is 16.7. The van der Waals surface area contributed by atoms with E-state index in [1.807, 2.05) is 42.6 Å². The van der Waals surface area contributed by atoms with Crippen LogP contribution in [0.4, 0.5) is 4.39 Å². The third-order valence-electron chi connectivity index (χ3n) is 5.61. The molecule has 0 saturated carbocycles. The Balaban J connectivity index is 1.25. The average molecular weight is 470 g/mol. The molecule has 0 amide bonds. The number of halogens is 1. The van der Waals surface area contributed by atoms with E-state index in [4.69, 9.17) is 9.72 Å². The summed E-state index contributed by atoms with van der Waals surface area (Å²) in [4.78, 5) is 5.89. The van der Waals surface area contributed by atoms with E-state index in [1.54, 1.807) is 22.1 Å². The predicted molar refractivity (Wildman–Crippen MR) is 130 cm³/mol. The lowest BCUT2D eigenvalue weighted by Crippen LogP contribution is -2.01. The molecule has 0 aliphatic carbocycles. The molecule has 0 fully saturated rings. The van der Waals surface area contributed by atoms with Crippen LogP contribution in [-0.4, -0.2) is 24.4 Å². The van der Waals surface area contributed by atoms with Gasteiger partial charge in [0.1, 0.15) is 11.5 Å². The summed E-state index contributed by atoms with van der Waals surface area (Å²) >= 11 is 1.67. The molecule has 0 radical (unpaired) electrons. The van der Waals surface area contributed by atoms with E-state index in [-0.39, 0.29) is 5.82 Å². The highest BCUT2D eigenvalue weighted by Gasteiger charge is 2.18. The van der Waals surface area contributed by atoms with E-state index < -0.39 is 0 Å². The highest BCUT2D eigenvalue weighted by atomic mass is 32.1. The highest BCUT2D eigenvalue weighted by Crippen LogP contribution is 2.33. The molecule has 3 aromatic heterocycles. The van der Waals surface area contributed by atoms with E-state index in [0.29, 0.717) is 25.5 Å². The standard InChI is InChI=1S/C26H20FN5OS/c27-20-10-6-7-18(13-20)14-31-15-21(29-30-31)16-33-17-23-25(19-8-2-1-3-9-19)28-26-32(23)22-11-4-5-12-24(22)34-26/h1-13,15H,14,16-17H2. The molecule has 6 rings (SSSR count). The number of hydrogen-bond acceptors (Lipinski definition) is 5. The van der Waals surface area contributed by atoms with E-state index in [0.717, 1.165) is 33.0 Å². The number of thiazole rings is 1. The van der Waals surface area contributed by atoms with Crippen molar-refractivity contribution >= 4 is 26.5 Å². The third kappa shape index (κ3) is 3.98. The summed E-state index contributed by atoms with van der Waals surface area (Å²) in [6, 6.07) is 24.9.